The van der Waals surface area contributed by atoms with Gasteiger partial charge in [-0.1, -0.05) is 0 Å². The Morgan fingerprint density at radius 3 is 2.00 bits per heavy atom. The molecule has 0 atom stereocenters. The summed E-state index contributed by atoms with van der Waals surface area (Å²) >= 11 is 0. The second-order valence-corrected chi connectivity index (χ2v) is 6.24. The van der Waals surface area contributed by atoms with Crippen LogP contribution in [0.4, 0.5) is 29.3 Å². The summed E-state index contributed by atoms with van der Waals surface area (Å²) in [6.07, 6.45) is -2.99. The maximum absolute atomic E-state index is 12.6. The number of nitrogens with zero attached hydrogens (tertiary/aromatic N) is 1. The lowest BCUT2D eigenvalue weighted by molar-refractivity contribution is -0.137. The van der Waals surface area contributed by atoms with Gasteiger partial charge in [0.25, 0.3) is 5.91 Å². The van der Waals surface area contributed by atoms with Crippen LogP contribution < -0.4 is 20.7 Å². The molecule has 7 nitrogen and oxygen atoms in total. The van der Waals surface area contributed by atoms with E-state index < -0.39 is 17.8 Å². The summed E-state index contributed by atoms with van der Waals surface area (Å²) in [7, 11) is 1.50. The number of anilines is 2. The molecule has 3 aromatic rings. The van der Waals surface area contributed by atoms with E-state index in [2.05, 4.69) is 20.9 Å². The van der Waals surface area contributed by atoms with E-state index in [1.54, 1.807) is 30.3 Å². The van der Waals surface area contributed by atoms with Gasteiger partial charge in [-0.2, -0.15) is 13.2 Å². The molecule has 3 amide bonds. The predicted octanol–water partition coefficient (Wildman–Crippen LogP) is 4.90. The number of aromatic nitrogens is 1. The van der Waals surface area contributed by atoms with Gasteiger partial charge in [-0.3, -0.25) is 9.78 Å². The van der Waals surface area contributed by atoms with Crippen LogP contribution in [0.2, 0.25) is 0 Å². The molecule has 0 radical (unpaired) electrons. The summed E-state index contributed by atoms with van der Waals surface area (Å²) in [5.41, 5.74) is 0.0662. The summed E-state index contributed by atoms with van der Waals surface area (Å²) < 4.78 is 43.4. The van der Waals surface area contributed by atoms with Gasteiger partial charge in [0, 0.05) is 30.7 Å². The van der Waals surface area contributed by atoms with Crippen molar-refractivity contribution in [1.82, 2.24) is 10.3 Å². The van der Waals surface area contributed by atoms with E-state index in [1.807, 2.05) is 0 Å². The van der Waals surface area contributed by atoms with Gasteiger partial charge in [0.05, 0.1) is 5.56 Å². The molecule has 0 aliphatic carbocycles. The van der Waals surface area contributed by atoms with Crippen LogP contribution in [0.5, 0.6) is 11.5 Å². The quantitative estimate of drug-likeness (QED) is 0.537. The topological polar surface area (TPSA) is 92.4 Å². The number of urea groups is 1. The Hall–Kier alpha value is -4.08. The first kappa shape index (κ1) is 21.6. The molecule has 3 N–H and O–H groups in total. The summed E-state index contributed by atoms with van der Waals surface area (Å²) in [6, 6.07) is 13.0. The van der Waals surface area contributed by atoms with E-state index in [-0.39, 0.29) is 17.3 Å². The maximum Gasteiger partial charge on any atom is 0.416 e. The number of hydrogen-bond acceptors (Lipinski definition) is 4. The van der Waals surface area contributed by atoms with Crippen LogP contribution in [0, 0.1) is 0 Å². The summed E-state index contributed by atoms with van der Waals surface area (Å²) in [4.78, 5) is 27.6. The van der Waals surface area contributed by atoms with Crippen molar-refractivity contribution in [3.8, 4) is 11.5 Å². The lowest BCUT2D eigenvalue weighted by atomic mass is 10.2. The molecule has 0 saturated carbocycles. The fourth-order valence-electron chi connectivity index (χ4n) is 2.51. The van der Waals surface area contributed by atoms with Crippen LogP contribution in [-0.4, -0.2) is 24.0 Å². The minimum atomic E-state index is -4.44. The van der Waals surface area contributed by atoms with Gasteiger partial charge in [-0.15, -0.1) is 0 Å². The van der Waals surface area contributed by atoms with Gasteiger partial charge < -0.3 is 20.7 Å². The summed E-state index contributed by atoms with van der Waals surface area (Å²) in [5.74, 6) is 0.529. The first-order chi connectivity index (χ1) is 14.7. The minimum absolute atomic E-state index is 0.207. The third-order valence-electron chi connectivity index (χ3n) is 4.01. The average molecular weight is 430 g/mol. The highest BCUT2D eigenvalue weighted by atomic mass is 19.4. The highest BCUT2D eigenvalue weighted by molar-refractivity contribution is 5.99. The van der Waals surface area contributed by atoms with Crippen LogP contribution in [0.15, 0.2) is 66.9 Å². The standard InChI is InChI=1S/C21H17F3N4O3/c1-25-19(29)18-12-17(10-11-26-18)31-16-8-6-15(7-9-16)28-20(30)27-14-4-2-13(3-5-14)21(22,23)24/h2-12H,1H3,(H,25,29)(H2,27,28,30). The predicted molar refractivity (Wildman–Crippen MR) is 108 cm³/mol. The number of carbonyl (C=O) groups is 2. The molecule has 0 aliphatic heterocycles. The number of halogens is 3. The van der Waals surface area contributed by atoms with Gasteiger partial charge in [0.15, 0.2) is 0 Å². The molecular weight excluding hydrogens is 413 g/mol. The Bertz CT molecular complexity index is 1070. The van der Waals surface area contributed by atoms with Crippen molar-refractivity contribution in [2.24, 2.45) is 0 Å². The minimum Gasteiger partial charge on any atom is -0.457 e. The zero-order valence-electron chi connectivity index (χ0n) is 16.2. The smallest absolute Gasteiger partial charge is 0.416 e. The van der Waals surface area contributed by atoms with Crippen molar-refractivity contribution in [2.45, 2.75) is 6.18 Å². The Balaban J connectivity index is 1.58. The van der Waals surface area contributed by atoms with Crippen LogP contribution >= 0.6 is 0 Å². The number of nitrogens with one attached hydrogen (secondary N) is 3. The normalized spacial score (nSPS) is 10.8. The molecular formula is C21H17F3N4O3. The Morgan fingerprint density at radius 1 is 0.871 bits per heavy atom. The van der Waals surface area contributed by atoms with Crippen molar-refractivity contribution in [1.29, 1.82) is 0 Å². The van der Waals surface area contributed by atoms with Gasteiger partial charge in [0.2, 0.25) is 0 Å². The second-order valence-electron chi connectivity index (χ2n) is 6.24. The Labute approximate surface area is 175 Å². The number of amides is 3. The molecule has 0 aliphatic rings. The van der Waals surface area contributed by atoms with E-state index in [4.69, 9.17) is 4.74 Å². The van der Waals surface area contributed by atoms with Gasteiger partial charge in [-0.05, 0) is 54.6 Å². The molecule has 1 aromatic heterocycles. The van der Waals surface area contributed by atoms with Crippen LogP contribution in [0.1, 0.15) is 16.1 Å². The molecule has 0 unspecified atom stereocenters. The fraction of sp³-hybridized carbons (Fsp3) is 0.0952. The Morgan fingerprint density at radius 2 is 1.45 bits per heavy atom. The molecule has 160 valence electrons. The third-order valence-corrected chi connectivity index (χ3v) is 4.01. The number of carbonyl (C=O) groups excluding carboxylic acids is 2. The van der Waals surface area contributed by atoms with E-state index in [9.17, 15) is 22.8 Å². The van der Waals surface area contributed by atoms with Crippen molar-refractivity contribution in [2.75, 3.05) is 17.7 Å². The SMILES string of the molecule is CNC(=O)c1cc(Oc2ccc(NC(=O)Nc3ccc(C(F)(F)F)cc3)cc2)ccn1. The van der Waals surface area contributed by atoms with Crippen LogP contribution in [0.25, 0.3) is 0 Å². The molecule has 31 heavy (non-hydrogen) atoms. The van der Waals surface area contributed by atoms with Gasteiger partial charge in [0.1, 0.15) is 17.2 Å². The van der Waals surface area contributed by atoms with Crippen LogP contribution in [-0.2, 0) is 6.18 Å². The monoisotopic (exact) mass is 430 g/mol. The van der Waals surface area contributed by atoms with Crippen molar-refractivity contribution in [3.05, 3.63) is 78.1 Å². The highest BCUT2D eigenvalue weighted by Crippen LogP contribution is 2.30. The van der Waals surface area contributed by atoms with Crippen molar-refractivity contribution >= 4 is 23.3 Å². The number of hydrogen-bond donors (Lipinski definition) is 3. The Kier molecular flexibility index (Phi) is 6.39. The van der Waals surface area contributed by atoms with E-state index >= 15 is 0 Å². The molecule has 10 heteroatoms. The van der Waals surface area contributed by atoms with E-state index in [0.29, 0.717) is 17.2 Å². The van der Waals surface area contributed by atoms with Crippen LogP contribution in [0.3, 0.4) is 0 Å². The number of alkyl halides is 3. The second kappa shape index (κ2) is 9.16. The molecule has 0 spiro atoms. The highest BCUT2D eigenvalue weighted by Gasteiger charge is 2.29. The lowest BCUT2D eigenvalue weighted by Crippen LogP contribution is -2.19. The molecule has 3 rings (SSSR count). The largest absolute Gasteiger partial charge is 0.457 e. The molecule has 0 bridgehead atoms. The fourth-order valence-corrected chi connectivity index (χ4v) is 2.51. The molecule has 0 fully saturated rings. The van der Waals surface area contributed by atoms with Gasteiger partial charge in [-0.25, -0.2) is 4.79 Å². The maximum atomic E-state index is 12.6. The first-order valence-corrected chi connectivity index (χ1v) is 8.96. The number of pyridine rings is 1. The zero-order valence-corrected chi connectivity index (χ0v) is 16.2. The van der Waals surface area contributed by atoms with Crippen molar-refractivity contribution < 1.29 is 27.5 Å². The summed E-state index contributed by atoms with van der Waals surface area (Å²) in [6.45, 7) is 0. The lowest BCUT2D eigenvalue weighted by Gasteiger charge is -2.11. The van der Waals surface area contributed by atoms with E-state index in [1.165, 1.54) is 31.4 Å². The van der Waals surface area contributed by atoms with E-state index in [0.717, 1.165) is 12.1 Å². The number of benzene rings is 2. The molecule has 2 aromatic carbocycles. The first-order valence-electron chi connectivity index (χ1n) is 8.96. The average Bonchev–Trinajstić information content (AvgIpc) is 2.74. The molecule has 0 saturated heterocycles. The third kappa shape index (κ3) is 5.95. The van der Waals surface area contributed by atoms with Crippen molar-refractivity contribution in [3.63, 3.8) is 0 Å². The van der Waals surface area contributed by atoms with Gasteiger partial charge >= 0.3 is 12.2 Å². The number of rotatable bonds is 5. The number of ether oxygens (including phenoxy) is 1. The zero-order chi connectivity index (χ0) is 22.4. The summed E-state index contributed by atoms with van der Waals surface area (Å²) in [5, 5.41) is 7.49. The molecule has 1 heterocycles.